The van der Waals surface area contributed by atoms with E-state index in [0.717, 1.165) is 24.3 Å². The summed E-state index contributed by atoms with van der Waals surface area (Å²) >= 11 is 0. The van der Waals surface area contributed by atoms with Gasteiger partial charge in [-0.15, -0.1) is 0 Å². The summed E-state index contributed by atoms with van der Waals surface area (Å²) in [4.78, 5) is 44.9. The highest BCUT2D eigenvalue weighted by molar-refractivity contribution is 6.23. The number of carbonyl (C=O) groups excluding carboxylic acids is 3. The van der Waals surface area contributed by atoms with Crippen LogP contribution in [0.2, 0.25) is 0 Å². The number of hydrogen-bond acceptors (Lipinski definition) is 5. The van der Waals surface area contributed by atoms with Gasteiger partial charge >= 0.3 is 6.03 Å². The van der Waals surface area contributed by atoms with Gasteiger partial charge in [0.1, 0.15) is 0 Å². The van der Waals surface area contributed by atoms with E-state index in [4.69, 9.17) is 0 Å². The van der Waals surface area contributed by atoms with Crippen molar-refractivity contribution in [3.8, 4) is 0 Å². The topological polar surface area (TPSA) is 96.7 Å². The van der Waals surface area contributed by atoms with Crippen LogP contribution in [-0.4, -0.2) is 51.6 Å². The number of rotatable bonds is 8. The van der Waals surface area contributed by atoms with Crippen LogP contribution in [0.25, 0.3) is 0 Å². The van der Waals surface area contributed by atoms with E-state index >= 15 is 0 Å². The van der Waals surface area contributed by atoms with E-state index in [-0.39, 0.29) is 0 Å². The zero-order valence-electron chi connectivity index (χ0n) is 13.1. The predicted octanol–water partition coefficient (Wildman–Crippen LogP) is 0.839. The Morgan fingerprint density at radius 3 is 2.83 bits per heavy atom. The number of carbonyl (C=O) groups is 3. The third-order valence-electron chi connectivity index (χ3n) is 3.54. The molecule has 23 heavy (non-hydrogen) atoms. The minimum atomic E-state index is -1.02. The summed E-state index contributed by atoms with van der Waals surface area (Å²) in [5, 5.41) is 2.21. The molecule has 1 saturated heterocycles. The quantitative estimate of drug-likeness (QED) is 0.436. The summed E-state index contributed by atoms with van der Waals surface area (Å²) in [6.07, 6.45) is 8.97. The van der Waals surface area contributed by atoms with Gasteiger partial charge in [0.15, 0.2) is 5.92 Å². The summed E-state index contributed by atoms with van der Waals surface area (Å²) in [5.41, 5.74) is 0. The number of urea groups is 1. The highest BCUT2D eigenvalue weighted by Crippen LogP contribution is 2.10. The molecule has 0 aliphatic carbocycles. The molecule has 0 unspecified atom stereocenters. The largest absolute Gasteiger partial charge is 0.337 e. The van der Waals surface area contributed by atoms with E-state index in [1.807, 2.05) is 17.7 Å². The molecule has 0 aromatic carbocycles. The average molecular weight is 319 g/mol. The van der Waals surface area contributed by atoms with Crippen LogP contribution >= 0.6 is 0 Å². The lowest BCUT2D eigenvalue weighted by Crippen LogP contribution is -2.58. The van der Waals surface area contributed by atoms with Gasteiger partial charge in [0, 0.05) is 38.2 Å². The summed E-state index contributed by atoms with van der Waals surface area (Å²) in [5.74, 6) is -2.12. The summed E-state index contributed by atoms with van der Waals surface area (Å²) in [6.45, 7) is 3.55. The number of unbranched alkanes of at least 4 members (excludes halogenated alkanes) is 1. The third-order valence-corrected chi connectivity index (χ3v) is 3.54. The summed E-state index contributed by atoms with van der Waals surface area (Å²) in [7, 11) is 0. The van der Waals surface area contributed by atoms with Gasteiger partial charge in [-0.25, -0.2) is 9.78 Å². The SMILES string of the molecule is CCCCN1C(=O)NC(=O)[C@@H](C=NCCCn2ccnc2)C1=O. The van der Waals surface area contributed by atoms with E-state index in [1.54, 1.807) is 12.5 Å². The number of nitrogens with one attached hydrogen (secondary N) is 1. The van der Waals surface area contributed by atoms with Crippen molar-refractivity contribution in [2.75, 3.05) is 13.1 Å². The van der Waals surface area contributed by atoms with Crippen LogP contribution in [0, 0.1) is 5.92 Å². The second-order valence-corrected chi connectivity index (χ2v) is 5.32. The minimum absolute atomic E-state index is 0.319. The fourth-order valence-corrected chi connectivity index (χ4v) is 2.23. The zero-order valence-corrected chi connectivity index (χ0v) is 13.1. The summed E-state index contributed by atoms with van der Waals surface area (Å²) in [6, 6.07) is -0.641. The van der Waals surface area contributed by atoms with E-state index in [0.29, 0.717) is 19.5 Å². The molecule has 1 fully saturated rings. The van der Waals surface area contributed by atoms with Crippen LogP contribution < -0.4 is 5.32 Å². The van der Waals surface area contributed by atoms with Crippen LogP contribution in [0.5, 0.6) is 0 Å². The highest BCUT2D eigenvalue weighted by atomic mass is 16.2. The number of hydrogen-bond donors (Lipinski definition) is 1. The molecule has 4 amide bonds. The number of barbiturate groups is 1. The maximum absolute atomic E-state index is 12.2. The first-order valence-corrected chi connectivity index (χ1v) is 7.75. The molecule has 8 heteroatoms. The molecule has 2 rings (SSSR count). The molecule has 0 spiro atoms. The van der Waals surface area contributed by atoms with E-state index < -0.39 is 23.8 Å². The molecule has 1 aliphatic rings. The van der Waals surface area contributed by atoms with Gasteiger partial charge in [0.25, 0.3) is 0 Å². The fraction of sp³-hybridized carbons (Fsp3) is 0.533. The number of nitrogens with zero attached hydrogens (tertiary/aromatic N) is 4. The lowest BCUT2D eigenvalue weighted by molar-refractivity contribution is -0.139. The molecule has 8 nitrogen and oxygen atoms in total. The maximum atomic E-state index is 12.2. The first kappa shape index (κ1) is 16.9. The zero-order chi connectivity index (χ0) is 16.7. The molecule has 0 bridgehead atoms. The minimum Gasteiger partial charge on any atom is -0.337 e. The van der Waals surface area contributed by atoms with Crippen molar-refractivity contribution in [3.05, 3.63) is 18.7 Å². The van der Waals surface area contributed by atoms with Crippen LogP contribution in [0.4, 0.5) is 4.79 Å². The number of amides is 4. The van der Waals surface area contributed by atoms with Crippen molar-refractivity contribution in [2.45, 2.75) is 32.7 Å². The lowest BCUT2D eigenvalue weighted by Gasteiger charge is -2.28. The Balaban J connectivity index is 1.86. The van der Waals surface area contributed by atoms with Crippen LogP contribution in [0.3, 0.4) is 0 Å². The van der Waals surface area contributed by atoms with Gasteiger partial charge in [-0.05, 0) is 12.8 Å². The van der Waals surface area contributed by atoms with E-state index in [1.165, 1.54) is 6.21 Å². The highest BCUT2D eigenvalue weighted by Gasteiger charge is 2.38. The fourth-order valence-electron chi connectivity index (χ4n) is 2.23. The smallest absolute Gasteiger partial charge is 0.330 e. The molecule has 2 heterocycles. The Kier molecular flexibility index (Phi) is 6.02. The van der Waals surface area contributed by atoms with Crippen molar-refractivity contribution in [1.82, 2.24) is 19.8 Å². The number of aliphatic imine (C=N–C) groups is 1. The van der Waals surface area contributed by atoms with Gasteiger partial charge in [0.05, 0.1) is 6.33 Å². The normalized spacial score (nSPS) is 18.7. The van der Waals surface area contributed by atoms with Gasteiger partial charge < -0.3 is 4.57 Å². The summed E-state index contributed by atoms with van der Waals surface area (Å²) < 4.78 is 1.93. The molecule has 1 N–H and O–H groups in total. The molecule has 1 aromatic heterocycles. The van der Waals surface area contributed by atoms with Gasteiger partial charge in [0.2, 0.25) is 11.8 Å². The van der Waals surface area contributed by atoms with E-state index in [9.17, 15) is 14.4 Å². The Morgan fingerprint density at radius 2 is 2.13 bits per heavy atom. The van der Waals surface area contributed by atoms with Crippen molar-refractivity contribution >= 4 is 24.1 Å². The van der Waals surface area contributed by atoms with Crippen molar-refractivity contribution < 1.29 is 14.4 Å². The first-order valence-electron chi connectivity index (χ1n) is 7.75. The van der Waals surface area contributed by atoms with Crippen LogP contribution in [0.15, 0.2) is 23.7 Å². The average Bonchev–Trinajstić information content (AvgIpc) is 3.03. The van der Waals surface area contributed by atoms with Crippen molar-refractivity contribution in [3.63, 3.8) is 0 Å². The molecule has 1 aromatic rings. The molecular formula is C15H21N5O3. The molecule has 1 aliphatic heterocycles. The number of imidazole rings is 1. The second kappa shape index (κ2) is 8.21. The lowest BCUT2D eigenvalue weighted by atomic mass is 10.1. The number of imide groups is 2. The molecule has 0 radical (unpaired) electrons. The Hall–Kier alpha value is -2.51. The van der Waals surface area contributed by atoms with Crippen molar-refractivity contribution in [1.29, 1.82) is 0 Å². The third kappa shape index (κ3) is 4.48. The number of aromatic nitrogens is 2. The second-order valence-electron chi connectivity index (χ2n) is 5.32. The van der Waals surface area contributed by atoms with Gasteiger partial charge in [-0.1, -0.05) is 13.3 Å². The van der Waals surface area contributed by atoms with Crippen LogP contribution in [0.1, 0.15) is 26.2 Å². The Bertz CT molecular complexity index is 582. The Morgan fingerprint density at radius 1 is 1.30 bits per heavy atom. The van der Waals surface area contributed by atoms with Gasteiger partial charge in [-0.2, -0.15) is 0 Å². The van der Waals surface area contributed by atoms with Crippen molar-refractivity contribution in [2.24, 2.45) is 10.9 Å². The standard InChI is InChI=1S/C15H21N5O3/c1-2-3-8-20-14(22)12(13(21)18-15(20)23)10-16-5-4-7-19-9-6-17-11-19/h6,9-12H,2-5,7-8H2,1H3,(H,18,21,23)/t12-/m1/s1. The molecule has 124 valence electrons. The Labute approximate surface area is 134 Å². The molecule has 0 saturated carbocycles. The maximum Gasteiger partial charge on any atom is 0.330 e. The monoisotopic (exact) mass is 319 g/mol. The predicted molar refractivity (Wildman–Crippen MR) is 83.9 cm³/mol. The van der Waals surface area contributed by atoms with Crippen LogP contribution in [-0.2, 0) is 16.1 Å². The van der Waals surface area contributed by atoms with E-state index in [2.05, 4.69) is 15.3 Å². The first-order chi connectivity index (χ1) is 11.1. The van der Waals surface area contributed by atoms with Gasteiger partial charge in [-0.3, -0.25) is 24.8 Å². The number of aryl methyl sites for hydroxylation is 1. The molecule has 1 atom stereocenters. The molecular weight excluding hydrogens is 298 g/mol.